The van der Waals surface area contributed by atoms with Crippen molar-refractivity contribution in [2.24, 2.45) is 4.99 Å². The quantitative estimate of drug-likeness (QED) is 0.0728. The Hall–Kier alpha value is -9.30. The maximum atomic E-state index is 13.4. The zero-order chi connectivity index (χ0) is 70.6. The third-order valence-electron chi connectivity index (χ3n) is 20.4. The third-order valence-corrected chi connectivity index (χ3v) is 20.4. The number of carbonyl (C=O) groups is 3. The molecule has 8 aromatic rings. The van der Waals surface area contributed by atoms with E-state index in [-0.39, 0.29) is 17.7 Å². The van der Waals surface area contributed by atoms with Crippen LogP contribution >= 0.6 is 0 Å². The van der Waals surface area contributed by atoms with E-state index in [0.717, 1.165) is 203 Å². The molecule has 19 heteroatoms. The molecule has 12 rings (SSSR count). The Morgan fingerprint density at radius 1 is 0.465 bits per heavy atom. The molecule has 99 heavy (non-hydrogen) atoms. The molecule has 0 atom stereocenters. The molecule has 0 aliphatic carbocycles. The molecule has 4 aliphatic heterocycles. The van der Waals surface area contributed by atoms with Gasteiger partial charge in [-0.1, -0.05) is 23.4 Å². The van der Waals surface area contributed by atoms with Crippen molar-refractivity contribution in [1.29, 1.82) is 0 Å². The molecule has 0 spiro atoms. The summed E-state index contributed by atoms with van der Waals surface area (Å²) in [6, 6.07) is 25.8. The van der Waals surface area contributed by atoms with Gasteiger partial charge in [-0.05, 0) is 226 Å². The van der Waals surface area contributed by atoms with Crippen molar-refractivity contribution >= 4 is 40.5 Å². The summed E-state index contributed by atoms with van der Waals surface area (Å²) in [7, 11) is 6.36. The second-order valence-electron chi connectivity index (χ2n) is 26.9. The number of pyridine rings is 3. The first-order valence-electron chi connectivity index (χ1n) is 34.7. The summed E-state index contributed by atoms with van der Waals surface area (Å²) >= 11 is 0. The maximum Gasteiger partial charge on any atom is 0.252 e. The number of nitrogens with zero attached hydrogens (tertiary/aromatic N) is 8. The number of furan rings is 1. The molecule has 19 nitrogen and oxygen atoms in total. The molecule has 3 amide bonds. The molecule has 0 saturated carbocycles. The summed E-state index contributed by atoms with van der Waals surface area (Å²) in [6.45, 7) is 30.5. The summed E-state index contributed by atoms with van der Waals surface area (Å²) in [5.74, 6) is 1.22. The molecule has 3 N–H and O–H groups in total. The molecule has 0 radical (unpaired) electrons. The predicted octanol–water partition coefficient (Wildman–Crippen LogP) is 14.1. The van der Waals surface area contributed by atoms with Crippen LogP contribution in [0.4, 0.5) is 17.1 Å². The summed E-state index contributed by atoms with van der Waals surface area (Å²) in [6.07, 6.45) is 13.2. The minimum Gasteiger partial charge on any atom is -0.469 e. The largest absolute Gasteiger partial charge is 0.469 e. The SMILES string of the molecule is CC1=C(C)C(CNC(=O)c2cc(-c3ccc(C)nc3)cc(N(C)C3CCOCC3)c2C)=NC1.Cc1ccc(-c2cc(C(=O)NCc3c(C)coc3C)c(C)c(N(C)C3CCOCC3)c2)cn1.Cc1ccc(-c2cc(C(=O)NCc3onc(C)c3C)c(C)c(N(C)C3CCOCC3)c2)cn1. The van der Waals surface area contributed by atoms with E-state index < -0.39 is 0 Å². The van der Waals surface area contributed by atoms with Gasteiger partial charge in [0.2, 0.25) is 0 Å². The molecule has 9 heterocycles. The van der Waals surface area contributed by atoms with Crippen molar-refractivity contribution < 1.29 is 37.5 Å². The monoisotopic (exact) mass is 1340 g/mol. The highest BCUT2D eigenvalue weighted by molar-refractivity contribution is 6.07. The molecular formula is C80H99N11O8. The second-order valence-corrected chi connectivity index (χ2v) is 26.9. The first-order valence-corrected chi connectivity index (χ1v) is 34.7. The van der Waals surface area contributed by atoms with E-state index in [2.05, 4.69) is 121 Å². The van der Waals surface area contributed by atoms with Crippen molar-refractivity contribution in [3.8, 4) is 33.4 Å². The first kappa shape index (κ1) is 72.4. The number of aryl methyl sites for hydroxylation is 6. The van der Waals surface area contributed by atoms with Crippen LogP contribution in [0.2, 0.25) is 0 Å². The van der Waals surface area contributed by atoms with E-state index in [0.29, 0.717) is 60.2 Å². The van der Waals surface area contributed by atoms with Crippen LogP contribution in [0, 0.1) is 69.2 Å². The lowest BCUT2D eigenvalue weighted by Crippen LogP contribution is -2.37. The van der Waals surface area contributed by atoms with Crippen molar-refractivity contribution in [1.82, 2.24) is 36.1 Å². The number of hydrogen-bond acceptors (Lipinski definition) is 16. The van der Waals surface area contributed by atoms with Gasteiger partial charge in [0.25, 0.3) is 17.7 Å². The Morgan fingerprint density at radius 2 is 0.838 bits per heavy atom. The summed E-state index contributed by atoms with van der Waals surface area (Å²) in [5.41, 5.74) is 24.3. The normalized spacial score (nSPS) is 15.1. The lowest BCUT2D eigenvalue weighted by molar-refractivity contribution is 0.0853. The summed E-state index contributed by atoms with van der Waals surface area (Å²) in [4.78, 5) is 64.9. The Bertz CT molecular complexity index is 4190. The Morgan fingerprint density at radius 3 is 1.15 bits per heavy atom. The van der Waals surface area contributed by atoms with E-state index >= 15 is 0 Å². The van der Waals surface area contributed by atoms with Gasteiger partial charge in [-0.2, -0.15) is 0 Å². The number of ether oxygens (including phenoxy) is 3. The number of amides is 3. The molecular weight excluding hydrogens is 1240 g/mol. The fourth-order valence-electron chi connectivity index (χ4n) is 13.3. The van der Waals surface area contributed by atoms with Crippen molar-refractivity contribution in [3.05, 3.63) is 193 Å². The average Bonchev–Trinajstić information content (AvgIpc) is 1.60. The molecule has 3 fully saturated rings. The maximum absolute atomic E-state index is 13.4. The van der Waals surface area contributed by atoms with Gasteiger partial charge in [-0.25, -0.2) is 0 Å². The molecule has 5 aromatic heterocycles. The molecule has 3 saturated heterocycles. The average molecular weight is 1340 g/mol. The van der Waals surface area contributed by atoms with Crippen molar-refractivity contribution in [2.75, 3.05) is 88.6 Å². The van der Waals surface area contributed by atoms with Gasteiger partial charge >= 0.3 is 0 Å². The predicted molar refractivity (Wildman–Crippen MR) is 394 cm³/mol. The fourth-order valence-corrected chi connectivity index (χ4v) is 13.3. The van der Waals surface area contributed by atoms with Crippen LogP contribution in [0.15, 0.2) is 123 Å². The minimum absolute atomic E-state index is 0.0731. The van der Waals surface area contributed by atoms with E-state index in [9.17, 15) is 14.4 Å². The second kappa shape index (κ2) is 33.0. The highest BCUT2D eigenvalue weighted by Crippen LogP contribution is 2.37. The number of carbonyl (C=O) groups excluding carboxylic acids is 3. The van der Waals surface area contributed by atoms with Gasteiger partial charge in [0.1, 0.15) is 5.76 Å². The van der Waals surface area contributed by atoms with Crippen LogP contribution in [0.25, 0.3) is 33.4 Å². The lowest BCUT2D eigenvalue weighted by atomic mass is 9.96. The van der Waals surface area contributed by atoms with Gasteiger partial charge in [-0.15, -0.1) is 0 Å². The Balaban J connectivity index is 0.000000161. The van der Waals surface area contributed by atoms with Crippen LogP contribution in [0.5, 0.6) is 0 Å². The zero-order valence-corrected chi connectivity index (χ0v) is 60.6. The van der Waals surface area contributed by atoms with Gasteiger partial charge in [0.15, 0.2) is 5.76 Å². The lowest BCUT2D eigenvalue weighted by Gasteiger charge is -2.34. The molecule has 4 aliphatic rings. The van der Waals surface area contributed by atoms with E-state index in [1.165, 1.54) is 11.1 Å². The summed E-state index contributed by atoms with van der Waals surface area (Å²) < 4.78 is 27.5. The molecule has 0 bridgehead atoms. The van der Waals surface area contributed by atoms with Crippen LogP contribution in [-0.4, -0.2) is 136 Å². The van der Waals surface area contributed by atoms with Crippen LogP contribution in [0.3, 0.4) is 0 Å². The van der Waals surface area contributed by atoms with Crippen LogP contribution in [0.1, 0.15) is 151 Å². The van der Waals surface area contributed by atoms with Gasteiger partial charge < -0.3 is 53.8 Å². The highest BCUT2D eigenvalue weighted by atomic mass is 16.5. The summed E-state index contributed by atoms with van der Waals surface area (Å²) in [5, 5.41) is 13.2. The fraction of sp³-hybridized carbons (Fsp3) is 0.425. The standard InChI is InChI=1S/C27H34N4O2.C27H33N3O3.C26H32N4O3/c1-17-14-29-25(19(17)3)16-30-27(32)24-12-22(21-7-6-18(2)28-15-21)13-26(20(24)4)31(5)23-8-10-33-11-9-23;1-17-16-33-20(4)25(17)15-29-27(31)24-12-22(21-7-6-18(2)28-14-21)13-26(19(24)3)30(5)23-8-10-32-11-9-23;1-16-6-7-20(14-27-16)21-12-23(26(31)28-15-25-17(2)19(4)29-33-25)18(3)24(13-21)30(5)22-8-10-32-11-9-22/h6-7,12-13,15,23H,8-11,14,16H2,1-5H3,(H,30,32);6-7,12-14,16,23H,8-11,15H2,1-5H3,(H,29,31);6-7,12-14,22H,8-11,15H2,1-5H3,(H,28,31). The van der Waals surface area contributed by atoms with Gasteiger partial charge in [0, 0.05) is 183 Å². The smallest absolute Gasteiger partial charge is 0.252 e. The topological polar surface area (TPSA) is 215 Å². The zero-order valence-electron chi connectivity index (χ0n) is 60.6. The number of aliphatic imine (C=N–C) groups is 1. The van der Waals surface area contributed by atoms with Crippen LogP contribution in [-0.2, 0) is 27.3 Å². The molecule has 3 aromatic carbocycles. The molecule has 0 unspecified atom stereocenters. The first-order chi connectivity index (χ1) is 47.5. The number of rotatable bonds is 18. The van der Waals surface area contributed by atoms with Crippen molar-refractivity contribution in [2.45, 2.75) is 153 Å². The van der Waals surface area contributed by atoms with E-state index in [1.807, 2.05) is 130 Å². The third kappa shape index (κ3) is 17.6. The Kier molecular flexibility index (Phi) is 24.2. The number of benzene rings is 3. The molecule has 522 valence electrons. The number of anilines is 3. The minimum atomic E-state index is -0.135. The van der Waals surface area contributed by atoms with Gasteiger partial charge in [0.05, 0.1) is 37.3 Å². The van der Waals surface area contributed by atoms with E-state index in [4.69, 9.17) is 23.2 Å². The Labute approximate surface area is 584 Å². The number of hydrogen-bond donors (Lipinski definition) is 3. The van der Waals surface area contributed by atoms with Crippen LogP contribution < -0.4 is 30.7 Å². The number of aromatic nitrogens is 4. The number of nitrogens with one attached hydrogen (secondary N) is 3. The van der Waals surface area contributed by atoms with E-state index in [1.54, 1.807) is 6.26 Å². The van der Waals surface area contributed by atoms with Crippen molar-refractivity contribution in [3.63, 3.8) is 0 Å². The van der Waals surface area contributed by atoms with Gasteiger partial charge in [-0.3, -0.25) is 34.3 Å². The highest BCUT2D eigenvalue weighted by Gasteiger charge is 2.28.